The standard InChI is InChI=1S/C10H16N2O/c1-4-12(13-3)10-7-9(11)6-5-8(10)2/h5-7H,4,11H2,1-3H3. The molecule has 0 fully saturated rings. The van der Waals surface area contributed by atoms with Gasteiger partial charge in [0.1, 0.15) is 0 Å². The van der Waals surface area contributed by atoms with Crippen molar-refractivity contribution in [3.05, 3.63) is 23.8 Å². The van der Waals surface area contributed by atoms with Crippen LogP contribution in [0.5, 0.6) is 0 Å². The summed E-state index contributed by atoms with van der Waals surface area (Å²) in [5, 5.41) is 1.81. The van der Waals surface area contributed by atoms with Crippen molar-refractivity contribution in [2.45, 2.75) is 13.8 Å². The van der Waals surface area contributed by atoms with Gasteiger partial charge in [-0.2, -0.15) is 0 Å². The van der Waals surface area contributed by atoms with E-state index in [-0.39, 0.29) is 0 Å². The molecule has 3 heteroatoms. The largest absolute Gasteiger partial charge is 0.399 e. The Bertz CT molecular complexity index is 282. The van der Waals surface area contributed by atoms with Crippen molar-refractivity contribution in [1.29, 1.82) is 0 Å². The zero-order valence-corrected chi connectivity index (χ0v) is 8.37. The lowest BCUT2D eigenvalue weighted by Crippen LogP contribution is -2.21. The molecule has 0 aromatic heterocycles. The summed E-state index contributed by atoms with van der Waals surface area (Å²) in [5.41, 5.74) is 8.65. The summed E-state index contributed by atoms with van der Waals surface area (Å²) in [6, 6.07) is 5.80. The molecule has 0 saturated carbocycles. The Morgan fingerprint density at radius 1 is 1.46 bits per heavy atom. The number of hydrogen-bond acceptors (Lipinski definition) is 3. The van der Waals surface area contributed by atoms with Gasteiger partial charge in [0.25, 0.3) is 0 Å². The molecule has 1 aromatic carbocycles. The quantitative estimate of drug-likeness (QED) is 0.571. The van der Waals surface area contributed by atoms with Gasteiger partial charge in [0.2, 0.25) is 0 Å². The van der Waals surface area contributed by atoms with E-state index >= 15 is 0 Å². The molecular formula is C10H16N2O. The van der Waals surface area contributed by atoms with Gasteiger partial charge in [-0.15, -0.1) is 0 Å². The number of nitrogens with two attached hydrogens (primary N) is 1. The summed E-state index contributed by atoms with van der Waals surface area (Å²) in [4.78, 5) is 5.20. The van der Waals surface area contributed by atoms with Crippen LogP contribution in [0.25, 0.3) is 0 Å². The van der Waals surface area contributed by atoms with Crippen LogP contribution in [0.4, 0.5) is 11.4 Å². The van der Waals surface area contributed by atoms with Gasteiger partial charge >= 0.3 is 0 Å². The predicted octanol–water partition coefficient (Wildman–Crippen LogP) is 1.96. The highest BCUT2D eigenvalue weighted by Gasteiger charge is 2.06. The normalized spacial score (nSPS) is 10.1. The van der Waals surface area contributed by atoms with Crippen molar-refractivity contribution < 1.29 is 4.84 Å². The van der Waals surface area contributed by atoms with Crippen LogP contribution in [0.3, 0.4) is 0 Å². The number of nitrogen functional groups attached to an aromatic ring is 1. The minimum atomic E-state index is 0.760. The molecule has 0 heterocycles. The fraction of sp³-hybridized carbons (Fsp3) is 0.400. The number of rotatable bonds is 3. The minimum Gasteiger partial charge on any atom is -0.399 e. The van der Waals surface area contributed by atoms with E-state index in [4.69, 9.17) is 10.6 Å². The minimum absolute atomic E-state index is 0.760. The van der Waals surface area contributed by atoms with Gasteiger partial charge in [-0.05, 0) is 31.5 Å². The highest BCUT2D eigenvalue weighted by molar-refractivity contribution is 5.59. The molecule has 0 saturated heterocycles. The topological polar surface area (TPSA) is 38.5 Å². The Morgan fingerprint density at radius 2 is 2.15 bits per heavy atom. The van der Waals surface area contributed by atoms with E-state index in [1.54, 1.807) is 7.11 Å². The van der Waals surface area contributed by atoms with Crippen molar-refractivity contribution in [1.82, 2.24) is 0 Å². The summed E-state index contributed by atoms with van der Waals surface area (Å²) in [6.45, 7) is 4.88. The van der Waals surface area contributed by atoms with Crippen molar-refractivity contribution in [2.75, 3.05) is 24.5 Å². The van der Waals surface area contributed by atoms with Crippen LogP contribution in [-0.2, 0) is 4.84 Å². The summed E-state index contributed by atoms with van der Waals surface area (Å²) in [7, 11) is 1.66. The highest BCUT2D eigenvalue weighted by Crippen LogP contribution is 2.22. The number of benzene rings is 1. The third-order valence-corrected chi connectivity index (χ3v) is 2.01. The molecule has 2 N–H and O–H groups in total. The first-order valence-electron chi connectivity index (χ1n) is 4.36. The molecule has 3 nitrogen and oxygen atoms in total. The first-order chi connectivity index (χ1) is 6.19. The molecule has 0 aliphatic heterocycles. The fourth-order valence-electron chi connectivity index (χ4n) is 1.29. The van der Waals surface area contributed by atoms with Gasteiger partial charge in [0, 0.05) is 12.2 Å². The van der Waals surface area contributed by atoms with E-state index in [9.17, 15) is 0 Å². The molecule has 0 amide bonds. The second-order valence-corrected chi connectivity index (χ2v) is 2.92. The number of hydroxylamine groups is 1. The summed E-state index contributed by atoms with van der Waals surface area (Å²) < 4.78 is 0. The third-order valence-electron chi connectivity index (χ3n) is 2.01. The lowest BCUT2D eigenvalue weighted by molar-refractivity contribution is 0.170. The van der Waals surface area contributed by atoms with E-state index in [0.29, 0.717) is 0 Å². The molecule has 72 valence electrons. The van der Waals surface area contributed by atoms with Crippen LogP contribution >= 0.6 is 0 Å². The lowest BCUT2D eigenvalue weighted by Gasteiger charge is -2.21. The van der Waals surface area contributed by atoms with Gasteiger partial charge < -0.3 is 5.73 Å². The summed E-state index contributed by atoms with van der Waals surface area (Å²) in [6.07, 6.45) is 0. The molecule has 0 unspecified atom stereocenters. The van der Waals surface area contributed by atoms with E-state index in [2.05, 4.69) is 0 Å². The molecule has 0 aliphatic carbocycles. The van der Waals surface area contributed by atoms with Gasteiger partial charge in [0.05, 0.1) is 12.8 Å². The number of hydrogen-bond donors (Lipinski definition) is 1. The zero-order chi connectivity index (χ0) is 9.84. The summed E-state index contributed by atoms with van der Waals surface area (Å²) in [5.74, 6) is 0. The fourth-order valence-corrected chi connectivity index (χ4v) is 1.29. The third kappa shape index (κ3) is 2.12. The highest BCUT2D eigenvalue weighted by atomic mass is 16.7. The molecule has 1 aromatic rings. The van der Waals surface area contributed by atoms with E-state index < -0.39 is 0 Å². The van der Waals surface area contributed by atoms with Crippen LogP contribution in [0.2, 0.25) is 0 Å². The van der Waals surface area contributed by atoms with Gasteiger partial charge in [-0.1, -0.05) is 6.07 Å². The Labute approximate surface area is 79.1 Å². The molecular weight excluding hydrogens is 164 g/mol. The van der Waals surface area contributed by atoms with E-state index in [0.717, 1.165) is 23.5 Å². The average Bonchev–Trinajstić information content (AvgIpc) is 2.13. The maximum absolute atomic E-state index is 5.69. The van der Waals surface area contributed by atoms with Crippen LogP contribution in [0, 0.1) is 6.92 Å². The monoisotopic (exact) mass is 180 g/mol. The van der Waals surface area contributed by atoms with Gasteiger partial charge in [0.15, 0.2) is 0 Å². The molecule has 0 spiro atoms. The maximum atomic E-state index is 5.69. The Balaban J connectivity index is 3.03. The van der Waals surface area contributed by atoms with Crippen molar-refractivity contribution in [3.63, 3.8) is 0 Å². The maximum Gasteiger partial charge on any atom is 0.0685 e. The van der Waals surface area contributed by atoms with Crippen molar-refractivity contribution >= 4 is 11.4 Å². The van der Waals surface area contributed by atoms with Crippen LogP contribution in [-0.4, -0.2) is 13.7 Å². The van der Waals surface area contributed by atoms with E-state index in [1.165, 1.54) is 0 Å². The molecule has 0 bridgehead atoms. The Hall–Kier alpha value is -1.22. The number of nitrogens with zero attached hydrogens (tertiary/aromatic N) is 1. The van der Waals surface area contributed by atoms with Gasteiger partial charge in [-0.25, -0.2) is 0 Å². The molecule has 0 aliphatic rings. The Morgan fingerprint density at radius 3 is 2.69 bits per heavy atom. The first kappa shape index (κ1) is 9.86. The van der Waals surface area contributed by atoms with Crippen molar-refractivity contribution in [2.24, 2.45) is 0 Å². The molecule has 0 atom stereocenters. The SMILES string of the molecule is CCN(OC)c1cc(N)ccc1C. The molecule has 13 heavy (non-hydrogen) atoms. The predicted molar refractivity (Wildman–Crippen MR) is 55.6 cm³/mol. The van der Waals surface area contributed by atoms with E-state index in [1.807, 2.05) is 37.1 Å². The molecule has 1 rings (SSSR count). The smallest absolute Gasteiger partial charge is 0.0685 e. The second-order valence-electron chi connectivity index (χ2n) is 2.92. The zero-order valence-electron chi connectivity index (χ0n) is 8.37. The first-order valence-corrected chi connectivity index (χ1v) is 4.36. The van der Waals surface area contributed by atoms with Crippen molar-refractivity contribution in [3.8, 4) is 0 Å². The summed E-state index contributed by atoms with van der Waals surface area (Å²) >= 11 is 0. The average molecular weight is 180 g/mol. The van der Waals surface area contributed by atoms with Crippen LogP contribution in [0.15, 0.2) is 18.2 Å². The number of anilines is 2. The second kappa shape index (κ2) is 4.14. The van der Waals surface area contributed by atoms with Crippen LogP contribution in [0.1, 0.15) is 12.5 Å². The molecule has 0 radical (unpaired) electrons. The Kier molecular flexibility index (Phi) is 3.14. The van der Waals surface area contributed by atoms with Gasteiger partial charge in [-0.3, -0.25) is 9.90 Å². The van der Waals surface area contributed by atoms with Crippen LogP contribution < -0.4 is 10.8 Å². The lowest BCUT2D eigenvalue weighted by atomic mass is 10.2. The number of aryl methyl sites for hydroxylation is 1.